The minimum atomic E-state index is -0.332. The normalized spacial score (nSPS) is 11.7. The summed E-state index contributed by atoms with van der Waals surface area (Å²) in [6.07, 6.45) is 0.767. The van der Waals surface area contributed by atoms with Crippen molar-refractivity contribution >= 4 is 11.8 Å². The highest BCUT2D eigenvalue weighted by atomic mass is 16.2. The summed E-state index contributed by atoms with van der Waals surface area (Å²) < 4.78 is 0. The second-order valence-corrected chi connectivity index (χ2v) is 4.58. The molecule has 0 bridgehead atoms. The summed E-state index contributed by atoms with van der Waals surface area (Å²) in [5.41, 5.74) is 7.55. The van der Waals surface area contributed by atoms with Crippen LogP contribution in [0.4, 0.5) is 0 Å². The molecule has 1 atom stereocenters. The molecular weight excluding hydrogens is 242 g/mol. The molecule has 1 aromatic carbocycles. The van der Waals surface area contributed by atoms with Crippen LogP contribution in [0.5, 0.6) is 0 Å². The van der Waals surface area contributed by atoms with Crippen LogP contribution in [0, 0.1) is 6.92 Å². The lowest BCUT2D eigenvalue weighted by atomic mass is 10.0. The van der Waals surface area contributed by atoms with Gasteiger partial charge in [-0.2, -0.15) is 0 Å². The molecule has 0 spiro atoms. The molecule has 0 saturated heterocycles. The van der Waals surface area contributed by atoms with Gasteiger partial charge in [-0.25, -0.2) is 0 Å². The van der Waals surface area contributed by atoms with E-state index in [4.69, 9.17) is 5.73 Å². The molecule has 19 heavy (non-hydrogen) atoms. The van der Waals surface area contributed by atoms with Crippen molar-refractivity contribution in [2.24, 2.45) is 5.73 Å². The summed E-state index contributed by atoms with van der Waals surface area (Å²) in [7, 11) is 0. The van der Waals surface area contributed by atoms with Crippen molar-refractivity contribution in [3.8, 4) is 0 Å². The van der Waals surface area contributed by atoms with Crippen LogP contribution >= 0.6 is 0 Å². The number of carbonyl (C=O) groups excluding carboxylic acids is 2. The number of carbonyl (C=O) groups is 2. The molecule has 0 aliphatic carbocycles. The standard InChI is InChI=1S/C14H21N3O2/c1-10-5-3-4-6-12(10)7-11(2)17-14(19)9-16-13(18)8-15/h3-6,11H,7-9,15H2,1-2H3,(H,16,18)(H,17,19). The monoisotopic (exact) mass is 263 g/mol. The average Bonchev–Trinajstić information content (AvgIpc) is 2.38. The molecule has 4 N–H and O–H groups in total. The van der Waals surface area contributed by atoms with Gasteiger partial charge in [-0.1, -0.05) is 24.3 Å². The van der Waals surface area contributed by atoms with Crippen molar-refractivity contribution < 1.29 is 9.59 Å². The van der Waals surface area contributed by atoms with Crippen molar-refractivity contribution in [3.05, 3.63) is 35.4 Å². The van der Waals surface area contributed by atoms with Crippen LogP contribution in [0.3, 0.4) is 0 Å². The van der Waals surface area contributed by atoms with E-state index in [0.29, 0.717) is 0 Å². The Kier molecular flexibility index (Phi) is 6.02. The lowest BCUT2D eigenvalue weighted by Crippen LogP contribution is -2.43. The molecule has 0 saturated carbocycles. The second-order valence-electron chi connectivity index (χ2n) is 4.58. The van der Waals surface area contributed by atoms with E-state index < -0.39 is 0 Å². The fourth-order valence-corrected chi connectivity index (χ4v) is 1.80. The molecule has 0 radical (unpaired) electrons. The topological polar surface area (TPSA) is 84.2 Å². The number of amides is 2. The molecule has 104 valence electrons. The van der Waals surface area contributed by atoms with E-state index in [1.165, 1.54) is 11.1 Å². The number of nitrogens with two attached hydrogens (primary N) is 1. The van der Waals surface area contributed by atoms with Crippen LogP contribution in [0.25, 0.3) is 0 Å². The van der Waals surface area contributed by atoms with E-state index in [-0.39, 0.29) is 30.9 Å². The van der Waals surface area contributed by atoms with Gasteiger partial charge in [0.25, 0.3) is 0 Å². The van der Waals surface area contributed by atoms with Gasteiger partial charge in [0.1, 0.15) is 0 Å². The first kappa shape index (κ1) is 15.2. The Hall–Kier alpha value is -1.88. The maximum atomic E-state index is 11.6. The fraction of sp³-hybridized carbons (Fsp3) is 0.429. The predicted molar refractivity (Wildman–Crippen MR) is 74.6 cm³/mol. The minimum absolute atomic E-state index is 0.0170. The van der Waals surface area contributed by atoms with E-state index in [1.54, 1.807) is 0 Å². The molecule has 5 nitrogen and oxygen atoms in total. The van der Waals surface area contributed by atoms with Gasteiger partial charge in [0.05, 0.1) is 13.1 Å². The third-order valence-corrected chi connectivity index (χ3v) is 2.83. The fourth-order valence-electron chi connectivity index (χ4n) is 1.80. The number of nitrogens with one attached hydrogen (secondary N) is 2. The number of hydrogen-bond donors (Lipinski definition) is 3. The predicted octanol–water partition coefficient (Wildman–Crippen LogP) is 0.117. The van der Waals surface area contributed by atoms with Crippen molar-refractivity contribution in [3.63, 3.8) is 0 Å². The van der Waals surface area contributed by atoms with Crippen LogP contribution in [0.15, 0.2) is 24.3 Å². The summed E-state index contributed by atoms with van der Waals surface area (Å²) in [5, 5.41) is 5.28. The average molecular weight is 263 g/mol. The zero-order valence-electron chi connectivity index (χ0n) is 11.4. The Morgan fingerprint density at radius 1 is 1.26 bits per heavy atom. The lowest BCUT2D eigenvalue weighted by molar-refractivity contribution is -0.125. The SMILES string of the molecule is Cc1ccccc1CC(C)NC(=O)CNC(=O)CN. The Bertz CT molecular complexity index is 446. The highest BCUT2D eigenvalue weighted by Gasteiger charge is 2.09. The Morgan fingerprint density at radius 2 is 1.95 bits per heavy atom. The highest BCUT2D eigenvalue weighted by Crippen LogP contribution is 2.09. The summed E-state index contributed by atoms with van der Waals surface area (Å²) in [6, 6.07) is 8.09. The minimum Gasteiger partial charge on any atom is -0.352 e. The molecule has 0 fully saturated rings. The zero-order valence-corrected chi connectivity index (χ0v) is 11.4. The van der Waals surface area contributed by atoms with Gasteiger partial charge in [0.2, 0.25) is 11.8 Å². The van der Waals surface area contributed by atoms with Crippen LogP contribution in [-0.2, 0) is 16.0 Å². The molecule has 1 rings (SSSR count). The molecule has 5 heteroatoms. The van der Waals surface area contributed by atoms with Gasteiger partial charge in [0.15, 0.2) is 0 Å². The number of benzene rings is 1. The van der Waals surface area contributed by atoms with E-state index in [2.05, 4.69) is 10.6 Å². The first-order valence-electron chi connectivity index (χ1n) is 6.33. The third-order valence-electron chi connectivity index (χ3n) is 2.83. The maximum absolute atomic E-state index is 11.6. The summed E-state index contributed by atoms with van der Waals surface area (Å²) in [5.74, 6) is -0.537. The molecule has 0 aliphatic rings. The van der Waals surface area contributed by atoms with E-state index in [0.717, 1.165) is 6.42 Å². The number of hydrogen-bond acceptors (Lipinski definition) is 3. The third kappa shape index (κ3) is 5.52. The van der Waals surface area contributed by atoms with Gasteiger partial charge >= 0.3 is 0 Å². The molecule has 0 aliphatic heterocycles. The van der Waals surface area contributed by atoms with Crippen LogP contribution in [0.1, 0.15) is 18.1 Å². The van der Waals surface area contributed by atoms with Crippen molar-refractivity contribution in [1.29, 1.82) is 0 Å². The Morgan fingerprint density at radius 3 is 2.58 bits per heavy atom. The lowest BCUT2D eigenvalue weighted by Gasteiger charge is -2.15. The van der Waals surface area contributed by atoms with E-state index >= 15 is 0 Å². The molecule has 0 heterocycles. The maximum Gasteiger partial charge on any atom is 0.239 e. The molecular formula is C14H21N3O2. The van der Waals surface area contributed by atoms with Crippen molar-refractivity contribution in [2.45, 2.75) is 26.3 Å². The zero-order chi connectivity index (χ0) is 14.3. The highest BCUT2D eigenvalue weighted by molar-refractivity contribution is 5.85. The number of aryl methyl sites for hydroxylation is 1. The first-order valence-corrected chi connectivity index (χ1v) is 6.33. The summed E-state index contributed by atoms with van der Waals surface area (Å²) in [6.45, 7) is 3.85. The van der Waals surface area contributed by atoms with Gasteiger partial charge < -0.3 is 16.4 Å². The van der Waals surface area contributed by atoms with E-state index in [9.17, 15) is 9.59 Å². The molecule has 1 unspecified atom stereocenters. The van der Waals surface area contributed by atoms with Crippen LogP contribution in [-0.4, -0.2) is 30.9 Å². The van der Waals surface area contributed by atoms with Crippen LogP contribution in [0.2, 0.25) is 0 Å². The first-order chi connectivity index (χ1) is 9.02. The Labute approximate surface area is 113 Å². The molecule has 2 amide bonds. The number of rotatable bonds is 6. The molecule has 0 aromatic heterocycles. The summed E-state index contributed by atoms with van der Waals surface area (Å²) in [4.78, 5) is 22.5. The quantitative estimate of drug-likeness (QED) is 0.681. The van der Waals surface area contributed by atoms with Gasteiger partial charge in [-0.15, -0.1) is 0 Å². The summed E-state index contributed by atoms with van der Waals surface area (Å²) >= 11 is 0. The van der Waals surface area contributed by atoms with Crippen molar-refractivity contribution in [1.82, 2.24) is 10.6 Å². The van der Waals surface area contributed by atoms with Gasteiger partial charge in [-0.3, -0.25) is 9.59 Å². The van der Waals surface area contributed by atoms with Crippen molar-refractivity contribution in [2.75, 3.05) is 13.1 Å². The largest absolute Gasteiger partial charge is 0.352 e. The smallest absolute Gasteiger partial charge is 0.239 e. The van der Waals surface area contributed by atoms with Gasteiger partial charge in [-0.05, 0) is 31.4 Å². The van der Waals surface area contributed by atoms with Gasteiger partial charge in [0, 0.05) is 6.04 Å². The molecule has 1 aromatic rings. The van der Waals surface area contributed by atoms with Crippen LogP contribution < -0.4 is 16.4 Å². The van der Waals surface area contributed by atoms with E-state index in [1.807, 2.05) is 38.1 Å². The Balaban J connectivity index is 2.39. The second kappa shape index (κ2) is 7.53.